The molecule has 0 bridgehead atoms. The van der Waals surface area contributed by atoms with E-state index in [0.717, 1.165) is 18.9 Å². The molecule has 1 aromatic carbocycles. The third kappa shape index (κ3) is 5.65. The van der Waals surface area contributed by atoms with E-state index in [2.05, 4.69) is 5.32 Å². The van der Waals surface area contributed by atoms with Gasteiger partial charge in [0.2, 0.25) is 0 Å². The van der Waals surface area contributed by atoms with Gasteiger partial charge in [-0.25, -0.2) is 9.18 Å². The van der Waals surface area contributed by atoms with Crippen molar-refractivity contribution < 1.29 is 23.5 Å². The summed E-state index contributed by atoms with van der Waals surface area (Å²) in [7, 11) is 0. The lowest BCUT2D eigenvalue weighted by atomic mass is 10.2. The number of halogens is 2. The summed E-state index contributed by atoms with van der Waals surface area (Å²) in [5, 5.41) is 2.81. The Kier molecular flexibility index (Phi) is 6.55. The molecule has 1 aliphatic rings. The summed E-state index contributed by atoms with van der Waals surface area (Å²) < 4.78 is 23.6. The highest BCUT2D eigenvalue weighted by Crippen LogP contribution is 2.20. The van der Waals surface area contributed by atoms with Crippen LogP contribution in [0.2, 0.25) is 5.02 Å². The fourth-order valence-corrected chi connectivity index (χ4v) is 2.32. The molecule has 7 heteroatoms. The van der Waals surface area contributed by atoms with E-state index in [0.29, 0.717) is 13.2 Å². The second-order valence-electron chi connectivity index (χ2n) is 5.02. The van der Waals surface area contributed by atoms with Crippen LogP contribution in [0.3, 0.4) is 0 Å². The molecular weight excluding hydrogens is 325 g/mol. The van der Waals surface area contributed by atoms with Crippen LogP contribution in [0.1, 0.15) is 18.4 Å². The number of benzene rings is 1. The van der Waals surface area contributed by atoms with Gasteiger partial charge in [0.05, 0.1) is 11.1 Å². The van der Waals surface area contributed by atoms with Gasteiger partial charge in [0, 0.05) is 24.8 Å². The number of rotatable bonds is 6. The summed E-state index contributed by atoms with van der Waals surface area (Å²) >= 11 is 5.82. The van der Waals surface area contributed by atoms with Crippen LogP contribution < -0.4 is 5.32 Å². The van der Waals surface area contributed by atoms with Crippen LogP contribution in [-0.2, 0) is 19.1 Å². The molecule has 1 aliphatic heterocycles. The molecule has 1 fully saturated rings. The Morgan fingerprint density at radius 2 is 2.30 bits per heavy atom. The molecule has 1 amide bonds. The summed E-state index contributed by atoms with van der Waals surface area (Å²) in [6.07, 6.45) is 4.16. The van der Waals surface area contributed by atoms with E-state index in [4.69, 9.17) is 21.1 Å². The molecule has 124 valence electrons. The van der Waals surface area contributed by atoms with Gasteiger partial charge < -0.3 is 14.8 Å². The summed E-state index contributed by atoms with van der Waals surface area (Å²) in [6.45, 7) is 0.705. The fraction of sp³-hybridized carbons (Fsp3) is 0.375. The Bertz CT molecular complexity index is 579. The lowest BCUT2D eigenvalue weighted by Gasteiger charge is -2.10. The average molecular weight is 342 g/mol. The Morgan fingerprint density at radius 1 is 1.48 bits per heavy atom. The predicted octanol–water partition coefficient (Wildman–Crippen LogP) is 2.33. The smallest absolute Gasteiger partial charge is 0.331 e. The summed E-state index contributed by atoms with van der Waals surface area (Å²) in [6, 6.07) is 4.20. The number of nitrogens with one attached hydrogen (secondary N) is 1. The maximum atomic E-state index is 13.5. The molecule has 23 heavy (non-hydrogen) atoms. The lowest BCUT2D eigenvalue weighted by Crippen LogP contribution is -2.34. The molecule has 1 aromatic rings. The molecule has 0 saturated carbocycles. The van der Waals surface area contributed by atoms with Gasteiger partial charge in [-0.15, -0.1) is 0 Å². The summed E-state index contributed by atoms with van der Waals surface area (Å²) in [5.41, 5.74) is 0.0916. The number of carbonyl (C=O) groups is 2. The second-order valence-corrected chi connectivity index (χ2v) is 5.42. The van der Waals surface area contributed by atoms with Gasteiger partial charge in [0.25, 0.3) is 5.91 Å². The Morgan fingerprint density at radius 3 is 3.00 bits per heavy atom. The van der Waals surface area contributed by atoms with Crippen LogP contribution in [0, 0.1) is 5.82 Å². The molecule has 1 unspecified atom stereocenters. The minimum atomic E-state index is -0.753. The van der Waals surface area contributed by atoms with E-state index in [9.17, 15) is 14.0 Å². The van der Waals surface area contributed by atoms with Gasteiger partial charge >= 0.3 is 5.97 Å². The van der Waals surface area contributed by atoms with Crippen molar-refractivity contribution in [2.75, 3.05) is 19.8 Å². The average Bonchev–Trinajstić information content (AvgIpc) is 3.04. The van der Waals surface area contributed by atoms with Gasteiger partial charge in [-0.1, -0.05) is 17.7 Å². The Balaban J connectivity index is 1.74. The second kappa shape index (κ2) is 8.64. The fourth-order valence-electron chi connectivity index (χ4n) is 2.09. The van der Waals surface area contributed by atoms with Crippen molar-refractivity contribution in [1.82, 2.24) is 5.32 Å². The number of amides is 1. The SMILES string of the molecule is O=C(COC(=O)C=Cc1c(F)cccc1Cl)NCC1CCCO1. The highest BCUT2D eigenvalue weighted by atomic mass is 35.5. The van der Waals surface area contributed by atoms with Crippen molar-refractivity contribution in [3.05, 3.63) is 40.7 Å². The van der Waals surface area contributed by atoms with Crippen LogP contribution in [-0.4, -0.2) is 37.7 Å². The van der Waals surface area contributed by atoms with E-state index in [1.165, 1.54) is 24.3 Å². The molecule has 1 saturated heterocycles. The zero-order valence-electron chi connectivity index (χ0n) is 12.4. The van der Waals surface area contributed by atoms with Crippen LogP contribution in [0.15, 0.2) is 24.3 Å². The monoisotopic (exact) mass is 341 g/mol. The van der Waals surface area contributed by atoms with Crippen LogP contribution in [0.4, 0.5) is 4.39 Å². The highest BCUT2D eigenvalue weighted by molar-refractivity contribution is 6.32. The Labute approximate surface area is 138 Å². The number of hydrogen-bond acceptors (Lipinski definition) is 4. The minimum absolute atomic E-state index is 0.0257. The van der Waals surface area contributed by atoms with Gasteiger partial charge in [0.15, 0.2) is 6.61 Å². The standard InChI is InChI=1S/C16H17ClFNO4/c17-13-4-1-5-14(18)12(13)6-7-16(21)23-10-15(20)19-9-11-3-2-8-22-11/h1,4-7,11H,2-3,8-10H2,(H,19,20). The quantitative estimate of drug-likeness (QED) is 0.637. The predicted molar refractivity (Wildman–Crippen MR) is 83.4 cm³/mol. The number of esters is 1. The van der Waals surface area contributed by atoms with Crippen molar-refractivity contribution in [3.8, 4) is 0 Å². The van der Waals surface area contributed by atoms with Crippen molar-refractivity contribution in [3.63, 3.8) is 0 Å². The molecule has 5 nitrogen and oxygen atoms in total. The Hall–Kier alpha value is -1.92. The van der Waals surface area contributed by atoms with Gasteiger partial charge in [0.1, 0.15) is 5.82 Å². The summed E-state index contributed by atoms with van der Waals surface area (Å²) in [4.78, 5) is 23.1. The van der Waals surface area contributed by atoms with Gasteiger partial charge in [-0.3, -0.25) is 4.79 Å². The maximum absolute atomic E-state index is 13.5. The van der Waals surface area contributed by atoms with Crippen molar-refractivity contribution in [1.29, 1.82) is 0 Å². The first kappa shape index (κ1) is 17.4. The third-order valence-corrected chi connectivity index (χ3v) is 3.61. The van der Waals surface area contributed by atoms with Crippen molar-refractivity contribution in [2.24, 2.45) is 0 Å². The van der Waals surface area contributed by atoms with Crippen molar-refractivity contribution in [2.45, 2.75) is 18.9 Å². The zero-order valence-corrected chi connectivity index (χ0v) is 13.1. The molecule has 0 aliphatic carbocycles. The lowest BCUT2D eigenvalue weighted by molar-refractivity contribution is -0.143. The first-order valence-electron chi connectivity index (χ1n) is 7.23. The molecule has 1 atom stereocenters. The van der Waals surface area contributed by atoms with E-state index in [1.807, 2.05) is 0 Å². The van der Waals surface area contributed by atoms with Crippen LogP contribution >= 0.6 is 11.6 Å². The van der Waals surface area contributed by atoms with Gasteiger partial charge in [-0.2, -0.15) is 0 Å². The molecular formula is C16H17ClFNO4. The van der Waals surface area contributed by atoms with E-state index >= 15 is 0 Å². The topological polar surface area (TPSA) is 64.6 Å². The number of carbonyl (C=O) groups excluding carboxylic acids is 2. The number of hydrogen-bond donors (Lipinski definition) is 1. The molecule has 1 heterocycles. The third-order valence-electron chi connectivity index (χ3n) is 3.28. The molecule has 0 radical (unpaired) electrons. The van der Waals surface area contributed by atoms with Gasteiger partial charge in [-0.05, 0) is 31.1 Å². The zero-order chi connectivity index (χ0) is 16.7. The molecule has 0 spiro atoms. The largest absolute Gasteiger partial charge is 0.452 e. The number of ether oxygens (including phenoxy) is 2. The molecule has 1 N–H and O–H groups in total. The van der Waals surface area contributed by atoms with E-state index < -0.39 is 24.3 Å². The first-order chi connectivity index (χ1) is 11.1. The van der Waals surface area contributed by atoms with Crippen molar-refractivity contribution >= 4 is 29.6 Å². The van der Waals surface area contributed by atoms with Crippen LogP contribution in [0.25, 0.3) is 6.08 Å². The molecule has 2 rings (SSSR count). The van der Waals surface area contributed by atoms with E-state index in [-0.39, 0.29) is 16.7 Å². The molecule has 0 aromatic heterocycles. The minimum Gasteiger partial charge on any atom is -0.452 e. The maximum Gasteiger partial charge on any atom is 0.331 e. The first-order valence-corrected chi connectivity index (χ1v) is 7.61. The summed E-state index contributed by atoms with van der Waals surface area (Å²) in [5.74, 6) is -1.71. The highest BCUT2D eigenvalue weighted by Gasteiger charge is 2.16. The van der Waals surface area contributed by atoms with Crippen LogP contribution in [0.5, 0.6) is 0 Å². The van der Waals surface area contributed by atoms with E-state index in [1.54, 1.807) is 0 Å². The normalized spacial score (nSPS) is 17.4.